The maximum atomic E-state index is 12.6. The van der Waals surface area contributed by atoms with Crippen LogP contribution in [0.2, 0.25) is 0 Å². The average molecular weight is 364 g/mol. The number of rotatable bonds is 2. The Hall–Kier alpha value is -2.89. The molecule has 27 heavy (non-hydrogen) atoms. The van der Waals surface area contributed by atoms with Crippen LogP contribution >= 0.6 is 0 Å². The quantitative estimate of drug-likeness (QED) is 0.889. The highest BCUT2D eigenvalue weighted by atomic mass is 16.2. The fourth-order valence-corrected chi connectivity index (χ4v) is 4.07. The van der Waals surface area contributed by atoms with Crippen molar-refractivity contribution in [3.8, 4) is 0 Å². The first-order valence-corrected chi connectivity index (χ1v) is 9.38. The highest BCUT2D eigenvalue weighted by molar-refractivity contribution is 5.96. The van der Waals surface area contributed by atoms with E-state index in [9.17, 15) is 9.59 Å². The van der Waals surface area contributed by atoms with Crippen molar-refractivity contribution in [3.05, 3.63) is 54.4 Å². The van der Waals surface area contributed by atoms with E-state index in [4.69, 9.17) is 0 Å². The molecule has 0 radical (unpaired) electrons. The number of nitrogens with zero attached hydrogens (tertiary/aromatic N) is 3. The molecule has 1 saturated heterocycles. The van der Waals surface area contributed by atoms with Crippen LogP contribution in [0.25, 0.3) is 0 Å². The lowest BCUT2D eigenvalue weighted by molar-refractivity contribution is -0.132. The van der Waals surface area contributed by atoms with Crippen molar-refractivity contribution in [2.75, 3.05) is 29.9 Å². The largest absolute Gasteiger partial charge is 0.376 e. The van der Waals surface area contributed by atoms with E-state index in [1.165, 1.54) is 0 Å². The van der Waals surface area contributed by atoms with Crippen LogP contribution in [-0.4, -0.2) is 46.9 Å². The zero-order chi connectivity index (χ0) is 18.9. The highest BCUT2D eigenvalue weighted by Gasteiger charge is 2.41. The third kappa shape index (κ3) is 3.52. The zero-order valence-electron chi connectivity index (χ0n) is 15.5. The van der Waals surface area contributed by atoms with Gasteiger partial charge in [0.25, 0.3) is 0 Å². The molecular weight excluding hydrogens is 340 g/mol. The van der Waals surface area contributed by atoms with Gasteiger partial charge in [-0.3, -0.25) is 14.6 Å². The molecule has 4 rings (SSSR count). The van der Waals surface area contributed by atoms with E-state index < -0.39 is 0 Å². The molecular formula is C21H24N4O2. The van der Waals surface area contributed by atoms with Crippen molar-refractivity contribution in [2.24, 2.45) is 0 Å². The van der Waals surface area contributed by atoms with Gasteiger partial charge >= 0.3 is 0 Å². The Kier molecular flexibility index (Phi) is 4.56. The van der Waals surface area contributed by atoms with Gasteiger partial charge in [0.2, 0.25) is 11.8 Å². The number of amides is 2. The molecule has 0 saturated carbocycles. The molecule has 0 unspecified atom stereocenters. The normalized spacial score (nSPS) is 18.0. The first-order valence-electron chi connectivity index (χ1n) is 9.38. The molecule has 1 aromatic heterocycles. The van der Waals surface area contributed by atoms with Crippen molar-refractivity contribution < 1.29 is 9.59 Å². The predicted molar refractivity (Wildman–Crippen MR) is 105 cm³/mol. The van der Waals surface area contributed by atoms with E-state index in [0.717, 1.165) is 29.8 Å². The molecule has 2 amide bonds. The van der Waals surface area contributed by atoms with Crippen molar-refractivity contribution >= 4 is 23.2 Å². The Morgan fingerprint density at radius 1 is 1.15 bits per heavy atom. The van der Waals surface area contributed by atoms with Crippen LogP contribution in [-0.2, 0) is 16.0 Å². The number of likely N-dealkylation sites (tertiary alicyclic amines) is 1. The van der Waals surface area contributed by atoms with Gasteiger partial charge < -0.3 is 15.1 Å². The molecule has 1 N–H and O–H groups in total. The van der Waals surface area contributed by atoms with E-state index in [0.29, 0.717) is 26.1 Å². The van der Waals surface area contributed by atoms with Crippen LogP contribution in [0, 0.1) is 0 Å². The molecule has 2 aliphatic heterocycles. The molecule has 0 aliphatic carbocycles. The molecule has 6 nitrogen and oxygen atoms in total. The minimum atomic E-state index is -0.175. The number of benzene rings is 1. The molecule has 2 aromatic rings. The molecule has 140 valence electrons. The number of fused-ring (bicyclic) bond motifs is 1. The Balaban J connectivity index is 1.45. The third-order valence-corrected chi connectivity index (χ3v) is 5.59. The standard InChI is InChI=1S/C21H24N4O2/c1-16(26)25-15-21(23-18-6-2-3-7-19(18)25)8-11-24(12-9-21)20(27)13-17-5-4-10-22-14-17/h2-7,10,14,23H,8-9,11-13,15H2,1H3. The van der Waals surface area contributed by atoms with Gasteiger partial charge in [0, 0.05) is 39.0 Å². The van der Waals surface area contributed by atoms with Crippen LogP contribution in [0.4, 0.5) is 11.4 Å². The number of carbonyl (C=O) groups excluding carboxylic acids is 2. The van der Waals surface area contributed by atoms with Gasteiger partial charge in [-0.2, -0.15) is 0 Å². The number of hydrogen-bond donors (Lipinski definition) is 1. The number of pyridine rings is 1. The second kappa shape index (κ2) is 7.02. The van der Waals surface area contributed by atoms with Gasteiger partial charge in [0.05, 0.1) is 23.3 Å². The second-order valence-corrected chi connectivity index (χ2v) is 7.45. The SMILES string of the molecule is CC(=O)N1CC2(CCN(C(=O)Cc3cccnc3)CC2)Nc2ccccc21. The molecule has 1 fully saturated rings. The molecule has 2 aliphatic rings. The number of piperidine rings is 1. The van der Waals surface area contributed by atoms with E-state index in [2.05, 4.69) is 10.3 Å². The lowest BCUT2D eigenvalue weighted by Crippen LogP contribution is -2.59. The smallest absolute Gasteiger partial charge is 0.227 e. The van der Waals surface area contributed by atoms with E-state index in [-0.39, 0.29) is 17.4 Å². The highest BCUT2D eigenvalue weighted by Crippen LogP contribution is 2.39. The Morgan fingerprint density at radius 3 is 2.63 bits per heavy atom. The number of nitrogens with one attached hydrogen (secondary N) is 1. The topological polar surface area (TPSA) is 65.5 Å². The number of hydrogen-bond acceptors (Lipinski definition) is 4. The zero-order valence-corrected chi connectivity index (χ0v) is 15.5. The monoisotopic (exact) mass is 364 g/mol. The molecule has 1 aromatic carbocycles. The van der Waals surface area contributed by atoms with E-state index in [1.807, 2.05) is 46.2 Å². The van der Waals surface area contributed by atoms with Crippen LogP contribution in [0.15, 0.2) is 48.8 Å². The summed E-state index contributed by atoms with van der Waals surface area (Å²) in [5, 5.41) is 3.66. The number of aromatic nitrogens is 1. The first kappa shape index (κ1) is 17.5. The fraction of sp³-hybridized carbons (Fsp3) is 0.381. The van der Waals surface area contributed by atoms with Crippen LogP contribution in [0.3, 0.4) is 0 Å². The first-order chi connectivity index (χ1) is 13.1. The number of para-hydroxylation sites is 2. The Bertz CT molecular complexity index is 844. The van der Waals surface area contributed by atoms with Crippen LogP contribution in [0.1, 0.15) is 25.3 Å². The molecule has 0 bridgehead atoms. The summed E-state index contributed by atoms with van der Waals surface area (Å²) in [6.07, 6.45) is 5.49. The summed E-state index contributed by atoms with van der Waals surface area (Å²) in [6.45, 7) is 3.65. The van der Waals surface area contributed by atoms with Gasteiger partial charge in [-0.15, -0.1) is 0 Å². The lowest BCUT2D eigenvalue weighted by atomic mass is 9.84. The minimum absolute atomic E-state index is 0.0541. The van der Waals surface area contributed by atoms with Crippen LogP contribution < -0.4 is 10.2 Å². The van der Waals surface area contributed by atoms with Gasteiger partial charge in [-0.25, -0.2) is 0 Å². The molecule has 6 heteroatoms. The van der Waals surface area contributed by atoms with Gasteiger partial charge in [-0.1, -0.05) is 18.2 Å². The van der Waals surface area contributed by atoms with Crippen molar-refractivity contribution in [3.63, 3.8) is 0 Å². The van der Waals surface area contributed by atoms with E-state index in [1.54, 1.807) is 19.3 Å². The summed E-state index contributed by atoms with van der Waals surface area (Å²) < 4.78 is 0. The summed E-state index contributed by atoms with van der Waals surface area (Å²) in [4.78, 5) is 32.7. The van der Waals surface area contributed by atoms with Crippen molar-refractivity contribution in [1.82, 2.24) is 9.88 Å². The number of carbonyl (C=O) groups is 2. The molecule has 3 heterocycles. The summed E-state index contributed by atoms with van der Waals surface area (Å²) in [5.74, 6) is 0.191. The minimum Gasteiger partial charge on any atom is -0.376 e. The molecule has 0 atom stereocenters. The van der Waals surface area contributed by atoms with E-state index >= 15 is 0 Å². The van der Waals surface area contributed by atoms with Gasteiger partial charge in [-0.05, 0) is 36.6 Å². The lowest BCUT2D eigenvalue weighted by Gasteiger charge is -2.49. The van der Waals surface area contributed by atoms with Gasteiger partial charge in [0.1, 0.15) is 0 Å². The third-order valence-electron chi connectivity index (χ3n) is 5.59. The fourth-order valence-electron chi connectivity index (χ4n) is 4.07. The van der Waals surface area contributed by atoms with Gasteiger partial charge in [0.15, 0.2) is 0 Å². The van der Waals surface area contributed by atoms with Crippen LogP contribution in [0.5, 0.6) is 0 Å². The summed E-state index contributed by atoms with van der Waals surface area (Å²) in [5.41, 5.74) is 2.69. The van der Waals surface area contributed by atoms with Crippen molar-refractivity contribution in [1.29, 1.82) is 0 Å². The Labute approximate surface area is 159 Å². The maximum absolute atomic E-state index is 12.6. The summed E-state index contributed by atoms with van der Waals surface area (Å²) >= 11 is 0. The summed E-state index contributed by atoms with van der Waals surface area (Å²) in [6, 6.07) is 11.7. The van der Waals surface area contributed by atoms with Crippen molar-refractivity contribution in [2.45, 2.75) is 31.7 Å². The predicted octanol–water partition coefficient (Wildman–Crippen LogP) is 2.46. The average Bonchev–Trinajstić information content (AvgIpc) is 2.68. The number of anilines is 2. The summed E-state index contributed by atoms with van der Waals surface area (Å²) in [7, 11) is 0. The second-order valence-electron chi connectivity index (χ2n) is 7.45. The Morgan fingerprint density at radius 2 is 1.93 bits per heavy atom. The molecule has 1 spiro atoms. The maximum Gasteiger partial charge on any atom is 0.227 e.